The van der Waals surface area contributed by atoms with Crippen LogP contribution in [0.3, 0.4) is 0 Å². The highest BCUT2D eigenvalue weighted by Gasteiger charge is 2.27. The molecule has 0 spiro atoms. The Morgan fingerprint density at radius 1 is 1.44 bits per heavy atom. The van der Waals surface area contributed by atoms with Crippen LogP contribution in [0.4, 0.5) is 0 Å². The van der Waals surface area contributed by atoms with E-state index in [1.54, 1.807) is 18.2 Å². The first kappa shape index (κ1) is 10.7. The molecule has 0 aliphatic carbocycles. The molecule has 1 aromatic carbocycles. The van der Waals surface area contributed by atoms with Gasteiger partial charge in [-0.2, -0.15) is 0 Å². The van der Waals surface area contributed by atoms with Gasteiger partial charge in [-0.05, 0) is 24.6 Å². The fourth-order valence-corrected chi connectivity index (χ4v) is 1.70. The fourth-order valence-electron chi connectivity index (χ4n) is 1.70. The van der Waals surface area contributed by atoms with E-state index in [4.69, 9.17) is 4.74 Å². The van der Waals surface area contributed by atoms with Crippen LogP contribution in [-0.2, 0) is 16.0 Å². The molecule has 1 heterocycles. The first-order chi connectivity index (χ1) is 7.61. The van der Waals surface area contributed by atoms with Gasteiger partial charge in [0.05, 0.1) is 12.7 Å². The lowest BCUT2D eigenvalue weighted by Crippen LogP contribution is -2.21. The van der Waals surface area contributed by atoms with Gasteiger partial charge in [0.15, 0.2) is 11.9 Å². The Labute approximate surface area is 93.2 Å². The smallest absolute Gasteiger partial charge is 0.337 e. The van der Waals surface area contributed by atoms with Crippen molar-refractivity contribution < 1.29 is 19.1 Å². The number of rotatable bonds is 2. The Hall–Kier alpha value is -1.84. The van der Waals surface area contributed by atoms with Gasteiger partial charge in [-0.25, -0.2) is 4.79 Å². The molecule has 84 valence electrons. The molecule has 1 aromatic rings. The van der Waals surface area contributed by atoms with Crippen LogP contribution in [0.15, 0.2) is 18.2 Å². The van der Waals surface area contributed by atoms with Gasteiger partial charge >= 0.3 is 5.97 Å². The summed E-state index contributed by atoms with van der Waals surface area (Å²) in [5.74, 6) is 0.191. The average molecular weight is 220 g/mol. The predicted molar refractivity (Wildman–Crippen MR) is 56.6 cm³/mol. The molecule has 4 heteroatoms. The minimum absolute atomic E-state index is 0.00387. The standard InChI is InChI=1S/C12H12O4/c1-7(13)10-5-8-3-4-9(12(14)15-2)6-11(8)16-10/h3-4,6,10H,5H2,1-2H3. The van der Waals surface area contributed by atoms with E-state index in [0.717, 1.165) is 5.56 Å². The van der Waals surface area contributed by atoms with Crippen molar-refractivity contribution in [3.8, 4) is 5.75 Å². The maximum absolute atomic E-state index is 11.3. The van der Waals surface area contributed by atoms with Crippen LogP contribution < -0.4 is 4.74 Å². The summed E-state index contributed by atoms with van der Waals surface area (Å²) >= 11 is 0. The number of methoxy groups -OCH3 is 1. The first-order valence-corrected chi connectivity index (χ1v) is 5.00. The molecule has 0 saturated carbocycles. The van der Waals surface area contributed by atoms with Crippen molar-refractivity contribution in [2.24, 2.45) is 0 Å². The Morgan fingerprint density at radius 2 is 2.19 bits per heavy atom. The molecule has 0 saturated heterocycles. The Kier molecular flexibility index (Phi) is 2.64. The lowest BCUT2D eigenvalue weighted by Gasteiger charge is -2.05. The largest absolute Gasteiger partial charge is 0.482 e. The second kappa shape index (κ2) is 3.96. The third kappa shape index (κ3) is 1.78. The Morgan fingerprint density at radius 3 is 2.81 bits per heavy atom. The summed E-state index contributed by atoms with van der Waals surface area (Å²) in [6.07, 6.45) is 0.162. The van der Waals surface area contributed by atoms with Crippen molar-refractivity contribution in [1.82, 2.24) is 0 Å². The van der Waals surface area contributed by atoms with Crippen LogP contribution in [0.1, 0.15) is 22.8 Å². The highest BCUT2D eigenvalue weighted by atomic mass is 16.5. The summed E-state index contributed by atoms with van der Waals surface area (Å²) in [4.78, 5) is 22.5. The third-order valence-corrected chi connectivity index (χ3v) is 2.62. The van der Waals surface area contributed by atoms with Gasteiger partial charge in [-0.3, -0.25) is 4.79 Å². The number of Topliss-reactive ketones (excluding diaryl/α,β-unsaturated/α-hetero) is 1. The average Bonchev–Trinajstić information content (AvgIpc) is 2.70. The second-order valence-corrected chi connectivity index (χ2v) is 3.74. The van der Waals surface area contributed by atoms with Crippen LogP contribution in [-0.4, -0.2) is 25.0 Å². The van der Waals surface area contributed by atoms with Crippen molar-refractivity contribution in [3.05, 3.63) is 29.3 Å². The van der Waals surface area contributed by atoms with E-state index in [2.05, 4.69) is 4.74 Å². The number of hydrogen-bond donors (Lipinski definition) is 0. The minimum atomic E-state index is -0.414. The number of carbonyl (C=O) groups excluding carboxylic acids is 2. The van der Waals surface area contributed by atoms with E-state index in [1.165, 1.54) is 14.0 Å². The highest BCUT2D eigenvalue weighted by Crippen LogP contribution is 2.30. The van der Waals surface area contributed by atoms with Crippen LogP contribution in [0.5, 0.6) is 5.75 Å². The number of ketones is 1. The van der Waals surface area contributed by atoms with E-state index >= 15 is 0 Å². The Balaban J connectivity index is 2.27. The van der Waals surface area contributed by atoms with Crippen molar-refractivity contribution in [1.29, 1.82) is 0 Å². The van der Waals surface area contributed by atoms with E-state index in [-0.39, 0.29) is 5.78 Å². The summed E-state index contributed by atoms with van der Waals surface area (Å²) < 4.78 is 10.1. The molecular formula is C12H12O4. The van der Waals surface area contributed by atoms with E-state index < -0.39 is 12.1 Å². The number of ether oxygens (including phenoxy) is 2. The van der Waals surface area contributed by atoms with Crippen molar-refractivity contribution in [3.63, 3.8) is 0 Å². The first-order valence-electron chi connectivity index (χ1n) is 5.00. The molecular weight excluding hydrogens is 208 g/mol. The summed E-state index contributed by atoms with van der Waals surface area (Å²) in [5.41, 5.74) is 1.39. The van der Waals surface area contributed by atoms with Gasteiger partial charge in [0.1, 0.15) is 5.75 Å². The molecule has 1 aliphatic heterocycles. The quantitative estimate of drug-likeness (QED) is 0.706. The van der Waals surface area contributed by atoms with Crippen LogP contribution >= 0.6 is 0 Å². The zero-order valence-electron chi connectivity index (χ0n) is 9.15. The minimum Gasteiger partial charge on any atom is -0.482 e. The van der Waals surface area contributed by atoms with Gasteiger partial charge in [0, 0.05) is 6.42 Å². The van der Waals surface area contributed by atoms with Gasteiger partial charge < -0.3 is 9.47 Å². The van der Waals surface area contributed by atoms with Gasteiger partial charge in [0.25, 0.3) is 0 Å². The van der Waals surface area contributed by atoms with E-state index in [1.807, 2.05) is 0 Å². The van der Waals surface area contributed by atoms with Crippen molar-refractivity contribution in [2.75, 3.05) is 7.11 Å². The molecule has 0 fully saturated rings. The van der Waals surface area contributed by atoms with Crippen LogP contribution in [0.2, 0.25) is 0 Å². The molecule has 0 bridgehead atoms. The lowest BCUT2D eigenvalue weighted by atomic mass is 10.1. The zero-order chi connectivity index (χ0) is 11.7. The predicted octanol–water partition coefficient (Wildman–Crippen LogP) is 1.37. The number of benzene rings is 1. The molecule has 1 atom stereocenters. The molecule has 1 unspecified atom stereocenters. The lowest BCUT2D eigenvalue weighted by molar-refractivity contribution is -0.122. The number of fused-ring (bicyclic) bond motifs is 1. The van der Waals surface area contributed by atoms with Crippen LogP contribution in [0, 0.1) is 0 Å². The second-order valence-electron chi connectivity index (χ2n) is 3.74. The SMILES string of the molecule is COC(=O)c1ccc2c(c1)OC(C(C)=O)C2. The third-order valence-electron chi connectivity index (χ3n) is 2.62. The van der Waals surface area contributed by atoms with E-state index in [0.29, 0.717) is 17.7 Å². The summed E-state index contributed by atoms with van der Waals surface area (Å²) in [6, 6.07) is 5.09. The Bertz CT molecular complexity index is 450. The molecule has 0 aromatic heterocycles. The number of hydrogen-bond acceptors (Lipinski definition) is 4. The summed E-state index contributed by atoms with van der Waals surface area (Å²) in [7, 11) is 1.33. The number of esters is 1. The molecule has 0 N–H and O–H groups in total. The highest BCUT2D eigenvalue weighted by molar-refractivity contribution is 5.90. The summed E-state index contributed by atoms with van der Waals surface area (Å²) in [6.45, 7) is 1.50. The molecule has 4 nitrogen and oxygen atoms in total. The monoisotopic (exact) mass is 220 g/mol. The number of carbonyl (C=O) groups is 2. The molecule has 0 radical (unpaired) electrons. The molecule has 2 rings (SSSR count). The topological polar surface area (TPSA) is 52.6 Å². The maximum atomic E-state index is 11.3. The molecule has 0 amide bonds. The van der Waals surface area contributed by atoms with Crippen molar-refractivity contribution in [2.45, 2.75) is 19.4 Å². The molecule has 16 heavy (non-hydrogen) atoms. The maximum Gasteiger partial charge on any atom is 0.337 e. The van der Waals surface area contributed by atoms with Crippen LogP contribution in [0.25, 0.3) is 0 Å². The molecule has 1 aliphatic rings. The van der Waals surface area contributed by atoms with Gasteiger partial charge in [0.2, 0.25) is 0 Å². The van der Waals surface area contributed by atoms with Gasteiger partial charge in [-0.1, -0.05) is 6.07 Å². The zero-order valence-corrected chi connectivity index (χ0v) is 9.15. The van der Waals surface area contributed by atoms with Gasteiger partial charge in [-0.15, -0.1) is 0 Å². The van der Waals surface area contributed by atoms with E-state index in [9.17, 15) is 9.59 Å². The normalized spacial score (nSPS) is 17.5. The fraction of sp³-hybridized carbons (Fsp3) is 0.333. The summed E-state index contributed by atoms with van der Waals surface area (Å²) in [5, 5.41) is 0. The van der Waals surface area contributed by atoms with Crippen molar-refractivity contribution >= 4 is 11.8 Å².